The predicted octanol–water partition coefficient (Wildman–Crippen LogP) is 6.50. The highest BCUT2D eigenvalue weighted by Crippen LogP contribution is 2.36. The fourth-order valence-corrected chi connectivity index (χ4v) is 4.66. The molecule has 0 spiro atoms. The summed E-state index contributed by atoms with van der Waals surface area (Å²) < 4.78 is 2.32. The molecule has 0 aliphatic carbocycles. The number of rotatable bonds is 10. The van der Waals surface area contributed by atoms with Crippen LogP contribution in [0.3, 0.4) is 0 Å². The molecule has 0 unspecified atom stereocenters. The summed E-state index contributed by atoms with van der Waals surface area (Å²) in [5, 5.41) is 4.06. The van der Waals surface area contributed by atoms with Crippen LogP contribution < -0.4 is 5.32 Å². The first-order chi connectivity index (χ1) is 15.4. The lowest BCUT2D eigenvalue weighted by molar-refractivity contribution is -0.121. The number of thioether (sulfide) groups is 1. The third-order valence-corrected chi connectivity index (χ3v) is 6.43. The lowest BCUT2D eigenvalue weighted by Gasteiger charge is -2.11. The van der Waals surface area contributed by atoms with Crippen LogP contribution in [0.4, 0.5) is 0 Å². The van der Waals surface area contributed by atoms with Crippen molar-refractivity contribution in [3.8, 4) is 22.5 Å². The Hall–Kier alpha value is -2.53. The van der Waals surface area contributed by atoms with Gasteiger partial charge in [0.25, 0.3) is 0 Å². The minimum Gasteiger partial charge on any atom is -0.356 e. The highest BCUT2D eigenvalue weighted by Gasteiger charge is 2.19. The maximum atomic E-state index is 11.9. The van der Waals surface area contributed by atoms with Gasteiger partial charge in [0.15, 0.2) is 5.16 Å². The molecule has 170 valence electrons. The van der Waals surface area contributed by atoms with E-state index in [2.05, 4.69) is 93.0 Å². The van der Waals surface area contributed by atoms with Crippen molar-refractivity contribution >= 4 is 17.7 Å². The van der Waals surface area contributed by atoms with Crippen LogP contribution in [0.25, 0.3) is 22.5 Å². The number of aryl methyl sites for hydroxylation is 2. The van der Waals surface area contributed by atoms with Gasteiger partial charge in [-0.3, -0.25) is 4.79 Å². The second-order valence-electron chi connectivity index (χ2n) is 8.72. The standard InChI is InChI=1S/C27H35N3OS/c1-6-30-26(23-14-10-21(5)11-15-23)25(22-12-8-20(4)9-13-22)29-27(30)32-17-7-16-28-24(31)18-19(2)3/h8-15,19H,6-7,16-18H2,1-5H3,(H,28,31). The van der Waals surface area contributed by atoms with Gasteiger partial charge in [-0.05, 0) is 33.1 Å². The Labute approximate surface area is 196 Å². The number of nitrogens with one attached hydrogen (secondary N) is 1. The van der Waals surface area contributed by atoms with E-state index in [-0.39, 0.29) is 5.91 Å². The van der Waals surface area contributed by atoms with Gasteiger partial charge in [0.05, 0.1) is 11.4 Å². The number of amides is 1. The van der Waals surface area contributed by atoms with E-state index in [0.29, 0.717) is 18.9 Å². The van der Waals surface area contributed by atoms with E-state index in [4.69, 9.17) is 4.98 Å². The molecule has 0 aliphatic heterocycles. The summed E-state index contributed by atoms with van der Waals surface area (Å²) in [4.78, 5) is 17.0. The van der Waals surface area contributed by atoms with Crippen LogP contribution in [0.1, 0.15) is 44.7 Å². The molecule has 1 heterocycles. The molecule has 0 aliphatic rings. The van der Waals surface area contributed by atoms with Gasteiger partial charge in [0, 0.05) is 36.4 Å². The topological polar surface area (TPSA) is 46.9 Å². The van der Waals surface area contributed by atoms with Crippen molar-refractivity contribution in [2.45, 2.75) is 59.2 Å². The van der Waals surface area contributed by atoms with Crippen LogP contribution in [-0.2, 0) is 11.3 Å². The zero-order chi connectivity index (χ0) is 23.1. The molecule has 4 nitrogen and oxygen atoms in total. The monoisotopic (exact) mass is 449 g/mol. The van der Waals surface area contributed by atoms with Crippen LogP contribution in [-0.4, -0.2) is 27.8 Å². The van der Waals surface area contributed by atoms with Gasteiger partial charge in [-0.25, -0.2) is 4.98 Å². The van der Waals surface area contributed by atoms with Crippen molar-refractivity contribution in [1.82, 2.24) is 14.9 Å². The highest BCUT2D eigenvalue weighted by molar-refractivity contribution is 7.99. The Morgan fingerprint density at radius 3 is 2.16 bits per heavy atom. The summed E-state index contributed by atoms with van der Waals surface area (Å²) >= 11 is 1.77. The maximum absolute atomic E-state index is 11.9. The average Bonchev–Trinajstić information content (AvgIpc) is 3.12. The molecular weight excluding hydrogens is 414 g/mol. The molecule has 0 bridgehead atoms. The van der Waals surface area contributed by atoms with E-state index in [9.17, 15) is 4.79 Å². The second-order valence-corrected chi connectivity index (χ2v) is 9.78. The second kappa shape index (κ2) is 11.4. The zero-order valence-electron chi connectivity index (χ0n) is 19.9. The fraction of sp³-hybridized carbons (Fsp3) is 0.407. The molecule has 0 fully saturated rings. The van der Waals surface area contributed by atoms with Crippen LogP contribution in [0.15, 0.2) is 53.7 Å². The minimum atomic E-state index is 0.142. The van der Waals surface area contributed by atoms with Crippen LogP contribution in [0, 0.1) is 19.8 Å². The van der Waals surface area contributed by atoms with E-state index in [1.54, 1.807) is 11.8 Å². The third kappa shape index (κ3) is 6.26. The quantitative estimate of drug-likeness (QED) is 0.284. The molecule has 1 aromatic heterocycles. The number of imidazole rings is 1. The number of carbonyl (C=O) groups excluding carboxylic acids is 1. The Morgan fingerprint density at radius 2 is 1.59 bits per heavy atom. The number of carbonyl (C=O) groups is 1. The molecule has 0 saturated heterocycles. The molecule has 0 atom stereocenters. The smallest absolute Gasteiger partial charge is 0.220 e. The Balaban J connectivity index is 1.82. The van der Waals surface area contributed by atoms with Crippen LogP contribution in [0.5, 0.6) is 0 Å². The first kappa shape index (κ1) is 24.1. The van der Waals surface area contributed by atoms with E-state index >= 15 is 0 Å². The fourth-order valence-electron chi connectivity index (χ4n) is 3.66. The van der Waals surface area contributed by atoms with Crippen molar-refractivity contribution in [3.05, 3.63) is 59.7 Å². The lowest BCUT2D eigenvalue weighted by Crippen LogP contribution is -2.25. The molecule has 1 N–H and O–H groups in total. The van der Waals surface area contributed by atoms with Gasteiger partial charge in [0.2, 0.25) is 5.91 Å². The number of hydrogen-bond acceptors (Lipinski definition) is 3. The van der Waals surface area contributed by atoms with Crippen molar-refractivity contribution in [3.63, 3.8) is 0 Å². The number of nitrogens with zero attached hydrogens (tertiary/aromatic N) is 2. The summed E-state index contributed by atoms with van der Waals surface area (Å²) in [6.07, 6.45) is 1.51. The SMILES string of the molecule is CCn1c(SCCCNC(=O)CC(C)C)nc(-c2ccc(C)cc2)c1-c1ccc(C)cc1. The minimum absolute atomic E-state index is 0.142. The van der Waals surface area contributed by atoms with Gasteiger partial charge in [-0.2, -0.15) is 0 Å². The van der Waals surface area contributed by atoms with Gasteiger partial charge in [0.1, 0.15) is 0 Å². The number of hydrogen-bond donors (Lipinski definition) is 1. The Morgan fingerprint density at radius 1 is 1.00 bits per heavy atom. The highest BCUT2D eigenvalue weighted by atomic mass is 32.2. The summed E-state index contributed by atoms with van der Waals surface area (Å²) in [7, 11) is 0. The van der Waals surface area contributed by atoms with Gasteiger partial charge >= 0.3 is 0 Å². The first-order valence-corrected chi connectivity index (χ1v) is 12.5. The van der Waals surface area contributed by atoms with E-state index < -0.39 is 0 Å². The number of aromatic nitrogens is 2. The maximum Gasteiger partial charge on any atom is 0.220 e. The normalized spacial score (nSPS) is 11.2. The van der Waals surface area contributed by atoms with E-state index in [0.717, 1.165) is 35.1 Å². The van der Waals surface area contributed by atoms with Gasteiger partial charge in [-0.15, -0.1) is 0 Å². The molecule has 32 heavy (non-hydrogen) atoms. The molecule has 0 saturated carbocycles. The molecular formula is C27H35N3OS. The molecule has 0 radical (unpaired) electrons. The first-order valence-electron chi connectivity index (χ1n) is 11.5. The Bertz CT molecular complexity index is 1020. The lowest BCUT2D eigenvalue weighted by atomic mass is 10.0. The van der Waals surface area contributed by atoms with Crippen molar-refractivity contribution < 1.29 is 4.79 Å². The van der Waals surface area contributed by atoms with Crippen LogP contribution in [0.2, 0.25) is 0 Å². The molecule has 3 rings (SSSR count). The zero-order valence-corrected chi connectivity index (χ0v) is 20.8. The third-order valence-electron chi connectivity index (χ3n) is 5.37. The largest absolute Gasteiger partial charge is 0.356 e. The van der Waals surface area contributed by atoms with E-state index in [1.807, 2.05) is 0 Å². The summed E-state index contributed by atoms with van der Waals surface area (Å²) in [6.45, 7) is 12.1. The molecule has 5 heteroatoms. The van der Waals surface area contributed by atoms with Gasteiger partial charge in [-0.1, -0.05) is 85.3 Å². The Kier molecular flexibility index (Phi) is 8.57. The van der Waals surface area contributed by atoms with Crippen molar-refractivity contribution in [2.75, 3.05) is 12.3 Å². The molecule has 3 aromatic rings. The predicted molar refractivity (Wildman–Crippen MR) is 136 cm³/mol. The summed E-state index contributed by atoms with van der Waals surface area (Å²) in [5.41, 5.74) is 7.03. The van der Waals surface area contributed by atoms with Crippen molar-refractivity contribution in [2.24, 2.45) is 5.92 Å². The average molecular weight is 450 g/mol. The summed E-state index contributed by atoms with van der Waals surface area (Å²) in [6, 6.07) is 17.3. The molecule has 2 aromatic carbocycles. The van der Waals surface area contributed by atoms with Crippen molar-refractivity contribution in [1.29, 1.82) is 0 Å². The van der Waals surface area contributed by atoms with E-state index in [1.165, 1.54) is 22.4 Å². The number of benzene rings is 2. The molecule has 1 amide bonds. The van der Waals surface area contributed by atoms with Crippen LogP contribution >= 0.6 is 11.8 Å². The summed E-state index contributed by atoms with van der Waals surface area (Å²) in [5.74, 6) is 1.45. The van der Waals surface area contributed by atoms with Gasteiger partial charge < -0.3 is 9.88 Å².